The lowest BCUT2D eigenvalue weighted by Crippen LogP contribution is -2.38. The maximum absolute atomic E-state index is 12.6. The molecule has 1 N–H and O–H groups in total. The second-order valence-electron chi connectivity index (χ2n) is 6.72. The van der Waals surface area contributed by atoms with Crippen molar-refractivity contribution >= 4 is 18.3 Å². The first-order valence-corrected chi connectivity index (χ1v) is 8.76. The summed E-state index contributed by atoms with van der Waals surface area (Å²) in [6.07, 6.45) is 0.257. The molecule has 2 fully saturated rings. The third kappa shape index (κ3) is 5.59. The van der Waals surface area contributed by atoms with Gasteiger partial charge in [0.05, 0.1) is 12.6 Å². The van der Waals surface area contributed by atoms with Crippen molar-refractivity contribution in [2.24, 2.45) is 0 Å². The number of carbonyl (C=O) groups excluding carboxylic acids is 1. The molecule has 3 rings (SSSR count). The summed E-state index contributed by atoms with van der Waals surface area (Å²) in [6.45, 7) is 2.28. The first-order valence-electron chi connectivity index (χ1n) is 8.76. The molecule has 26 heavy (non-hydrogen) atoms. The van der Waals surface area contributed by atoms with Crippen LogP contribution in [0, 0.1) is 0 Å². The van der Waals surface area contributed by atoms with Crippen LogP contribution in [0.25, 0.3) is 0 Å². The second-order valence-corrected chi connectivity index (χ2v) is 6.72. The summed E-state index contributed by atoms with van der Waals surface area (Å²) in [5, 5.41) is 7.72. The van der Waals surface area contributed by atoms with Crippen LogP contribution in [0.2, 0.25) is 0 Å². The van der Waals surface area contributed by atoms with Crippen molar-refractivity contribution in [2.45, 2.75) is 31.5 Å². The number of hydrogen-bond donors (Lipinski definition) is 1. The summed E-state index contributed by atoms with van der Waals surface area (Å²) in [6, 6.07) is 1.96. The molecule has 2 aliphatic heterocycles. The van der Waals surface area contributed by atoms with Crippen molar-refractivity contribution in [3.63, 3.8) is 0 Å². The first kappa shape index (κ1) is 21.0. The molecular formula is C16H25ClF3N5O. The van der Waals surface area contributed by atoms with Crippen LogP contribution in [-0.2, 0) is 0 Å². The molecule has 1 atom stereocenters. The molecule has 6 nitrogen and oxygen atoms in total. The number of alkyl halides is 3. The van der Waals surface area contributed by atoms with Crippen molar-refractivity contribution in [1.29, 1.82) is 0 Å². The van der Waals surface area contributed by atoms with Gasteiger partial charge >= 0.3 is 6.18 Å². The SMILES string of the molecule is Cl.O=C(c1ccn(C2CCCNC2)n1)N1CCCN(CC(F)(F)F)CC1. The predicted molar refractivity (Wildman–Crippen MR) is 93.6 cm³/mol. The molecule has 0 aliphatic carbocycles. The summed E-state index contributed by atoms with van der Waals surface area (Å²) in [5.41, 5.74) is 0.370. The molecule has 0 radical (unpaired) electrons. The van der Waals surface area contributed by atoms with Gasteiger partial charge in [0, 0.05) is 38.9 Å². The van der Waals surface area contributed by atoms with Crippen LogP contribution in [0.3, 0.4) is 0 Å². The van der Waals surface area contributed by atoms with Gasteiger partial charge in [-0.2, -0.15) is 18.3 Å². The van der Waals surface area contributed by atoms with Crippen molar-refractivity contribution in [2.75, 3.05) is 45.8 Å². The van der Waals surface area contributed by atoms with Gasteiger partial charge in [0.1, 0.15) is 5.69 Å². The van der Waals surface area contributed by atoms with E-state index >= 15 is 0 Å². The highest BCUT2D eigenvalue weighted by molar-refractivity contribution is 5.92. The van der Waals surface area contributed by atoms with E-state index in [9.17, 15) is 18.0 Å². The molecule has 148 valence electrons. The Labute approximate surface area is 157 Å². The number of rotatable bonds is 3. The van der Waals surface area contributed by atoms with Crippen LogP contribution in [0.5, 0.6) is 0 Å². The third-order valence-corrected chi connectivity index (χ3v) is 4.75. The van der Waals surface area contributed by atoms with E-state index in [1.165, 1.54) is 4.90 Å². The monoisotopic (exact) mass is 395 g/mol. The number of nitrogens with one attached hydrogen (secondary N) is 1. The largest absolute Gasteiger partial charge is 0.401 e. The Morgan fingerprint density at radius 2 is 2.04 bits per heavy atom. The van der Waals surface area contributed by atoms with Crippen LogP contribution in [-0.4, -0.2) is 77.5 Å². The number of piperidine rings is 1. The maximum atomic E-state index is 12.6. The quantitative estimate of drug-likeness (QED) is 0.849. The lowest BCUT2D eigenvalue weighted by Gasteiger charge is -2.23. The van der Waals surface area contributed by atoms with Crippen molar-refractivity contribution in [3.8, 4) is 0 Å². The molecular weight excluding hydrogens is 371 g/mol. The maximum Gasteiger partial charge on any atom is 0.401 e. The zero-order chi connectivity index (χ0) is 17.9. The smallest absolute Gasteiger partial charge is 0.336 e. The van der Waals surface area contributed by atoms with E-state index in [0.717, 1.165) is 25.9 Å². The highest BCUT2D eigenvalue weighted by Gasteiger charge is 2.32. The number of hydrogen-bond acceptors (Lipinski definition) is 4. The highest BCUT2D eigenvalue weighted by Crippen LogP contribution is 2.19. The lowest BCUT2D eigenvalue weighted by molar-refractivity contribution is -0.145. The summed E-state index contributed by atoms with van der Waals surface area (Å²) < 4.78 is 39.4. The van der Waals surface area contributed by atoms with Crippen molar-refractivity contribution in [3.05, 3.63) is 18.0 Å². The molecule has 1 unspecified atom stereocenters. The fourth-order valence-corrected chi connectivity index (χ4v) is 3.46. The zero-order valence-corrected chi connectivity index (χ0v) is 15.4. The number of nitrogens with zero attached hydrogens (tertiary/aromatic N) is 4. The summed E-state index contributed by atoms with van der Waals surface area (Å²) >= 11 is 0. The molecule has 0 saturated carbocycles. The average Bonchev–Trinajstić information content (AvgIpc) is 2.96. The fourth-order valence-electron chi connectivity index (χ4n) is 3.46. The number of carbonyl (C=O) groups is 1. The molecule has 2 saturated heterocycles. The molecule has 1 aromatic rings. The van der Waals surface area contributed by atoms with E-state index in [2.05, 4.69) is 10.4 Å². The first-order chi connectivity index (χ1) is 11.9. The number of amides is 1. The van der Waals surface area contributed by atoms with E-state index in [0.29, 0.717) is 31.7 Å². The van der Waals surface area contributed by atoms with E-state index in [-0.39, 0.29) is 30.9 Å². The number of aromatic nitrogens is 2. The van der Waals surface area contributed by atoms with Gasteiger partial charge in [0.2, 0.25) is 0 Å². The standard InChI is InChI=1S/C16H24F3N5O.ClH/c17-16(18,19)12-22-6-2-7-23(10-9-22)15(25)14-4-8-24(21-14)13-3-1-5-20-11-13;/h4,8,13,20H,1-3,5-7,9-12H2;1H. The van der Waals surface area contributed by atoms with Gasteiger partial charge in [-0.05, 0) is 31.9 Å². The molecule has 0 aromatic carbocycles. The van der Waals surface area contributed by atoms with Gasteiger partial charge in [-0.3, -0.25) is 14.4 Å². The lowest BCUT2D eigenvalue weighted by atomic mass is 10.1. The highest BCUT2D eigenvalue weighted by atomic mass is 35.5. The van der Waals surface area contributed by atoms with Gasteiger partial charge in [0.25, 0.3) is 5.91 Å². The molecule has 1 aromatic heterocycles. The van der Waals surface area contributed by atoms with Gasteiger partial charge in [0.15, 0.2) is 0 Å². The van der Waals surface area contributed by atoms with E-state index in [1.807, 2.05) is 10.9 Å². The molecule has 0 bridgehead atoms. The third-order valence-electron chi connectivity index (χ3n) is 4.75. The Bertz CT molecular complexity index is 589. The van der Waals surface area contributed by atoms with Crippen LogP contribution < -0.4 is 5.32 Å². The van der Waals surface area contributed by atoms with Gasteiger partial charge in [-0.1, -0.05) is 0 Å². The zero-order valence-electron chi connectivity index (χ0n) is 14.5. The number of halogens is 4. The average molecular weight is 396 g/mol. The minimum atomic E-state index is -4.20. The van der Waals surface area contributed by atoms with E-state index < -0.39 is 12.7 Å². The molecule has 1 amide bonds. The van der Waals surface area contributed by atoms with Crippen LogP contribution in [0.4, 0.5) is 13.2 Å². The predicted octanol–water partition coefficient (Wildman–Crippen LogP) is 1.94. The van der Waals surface area contributed by atoms with E-state index in [4.69, 9.17) is 0 Å². The Balaban J connectivity index is 0.00000243. The topological polar surface area (TPSA) is 53.4 Å². The Morgan fingerprint density at radius 1 is 1.23 bits per heavy atom. The Hall–Kier alpha value is -1.32. The Kier molecular flexibility index (Phi) is 7.31. The Morgan fingerprint density at radius 3 is 2.73 bits per heavy atom. The van der Waals surface area contributed by atoms with Crippen molar-refractivity contribution in [1.82, 2.24) is 24.9 Å². The van der Waals surface area contributed by atoms with Gasteiger partial charge in [-0.15, -0.1) is 12.4 Å². The molecule has 2 aliphatic rings. The normalized spacial score (nSPS) is 22.6. The van der Waals surface area contributed by atoms with Crippen LogP contribution in [0.1, 0.15) is 35.8 Å². The van der Waals surface area contributed by atoms with Crippen LogP contribution >= 0.6 is 12.4 Å². The summed E-state index contributed by atoms with van der Waals surface area (Å²) in [5.74, 6) is -0.198. The molecule has 3 heterocycles. The minimum absolute atomic E-state index is 0. The van der Waals surface area contributed by atoms with Crippen molar-refractivity contribution < 1.29 is 18.0 Å². The summed E-state index contributed by atoms with van der Waals surface area (Å²) in [4.78, 5) is 15.6. The van der Waals surface area contributed by atoms with Gasteiger partial charge < -0.3 is 10.2 Å². The molecule has 10 heteroatoms. The van der Waals surface area contributed by atoms with Gasteiger partial charge in [-0.25, -0.2) is 0 Å². The second kappa shape index (κ2) is 9.05. The van der Waals surface area contributed by atoms with E-state index in [1.54, 1.807) is 11.0 Å². The van der Waals surface area contributed by atoms with Crippen LogP contribution in [0.15, 0.2) is 12.3 Å². The summed E-state index contributed by atoms with van der Waals surface area (Å²) in [7, 11) is 0. The fraction of sp³-hybridized carbons (Fsp3) is 0.750. The minimum Gasteiger partial charge on any atom is -0.336 e. The molecule has 0 spiro atoms.